The summed E-state index contributed by atoms with van der Waals surface area (Å²) >= 11 is 1.53. The van der Waals surface area contributed by atoms with Crippen LogP contribution in [0.1, 0.15) is 58.5 Å². The second-order valence-electron chi connectivity index (χ2n) is 7.90. The summed E-state index contributed by atoms with van der Waals surface area (Å²) in [5.41, 5.74) is 2.16. The number of amides is 1. The maximum Gasteiger partial charge on any atom is 0.263 e. The predicted molar refractivity (Wildman–Crippen MR) is 114 cm³/mol. The topological polar surface area (TPSA) is 54.5 Å². The number of nitrogens with one attached hydrogen (secondary N) is 1. The van der Waals surface area contributed by atoms with Crippen molar-refractivity contribution in [3.8, 4) is 5.75 Å². The van der Waals surface area contributed by atoms with E-state index in [0.717, 1.165) is 60.3 Å². The normalized spacial score (nSPS) is 15.8. The van der Waals surface area contributed by atoms with Crippen molar-refractivity contribution in [3.63, 3.8) is 0 Å². The molecule has 152 valence electrons. The molecule has 1 fully saturated rings. The summed E-state index contributed by atoms with van der Waals surface area (Å²) in [5, 5.41) is 4.17. The Labute approximate surface area is 172 Å². The number of hydrogen-bond donors (Lipinski definition) is 1. The van der Waals surface area contributed by atoms with Gasteiger partial charge in [0.05, 0.1) is 17.8 Å². The quantitative estimate of drug-likeness (QED) is 0.754. The summed E-state index contributed by atoms with van der Waals surface area (Å²) in [6.07, 6.45) is 2.24. The zero-order valence-electron chi connectivity index (χ0n) is 17.3. The molecule has 1 aromatic heterocycles. The van der Waals surface area contributed by atoms with E-state index in [-0.39, 0.29) is 5.91 Å². The Hall–Kier alpha value is -1.92. The van der Waals surface area contributed by atoms with E-state index in [9.17, 15) is 4.79 Å². The Morgan fingerprint density at radius 2 is 1.96 bits per heavy atom. The van der Waals surface area contributed by atoms with Crippen LogP contribution in [0.5, 0.6) is 5.75 Å². The van der Waals surface area contributed by atoms with Gasteiger partial charge in [0.25, 0.3) is 5.91 Å². The first-order chi connectivity index (χ1) is 13.5. The van der Waals surface area contributed by atoms with Crippen LogP contribution in [0.3, 0.4) is 0 Å². The molecule has 0 unspecified atom stereocenters. The Kier molecular flexibility index (Phi) is 7.08. The number of carbonyl (C=O) groups is 1. The first kappa shape index (κ1) is 20.8. The van der Waals surface area contributed by atoms with Gasteiger partial charge < -0.3 is 10.1 Å². The highest BCUT2D eigenvalue weighted by Gasteiger charge is 2.22. The van der Waals surface area contributed by atoms with E-state index in [4.69, 9.17) is 4.74 Å². The lowest BCUT2D eigenvalue weighted by molar-refractivity contribution is 0.0938. The van der Waals surface area contributed by atoms with Crippen LogP contribution in [-0.4, -0.2) is 42.5 Å². The van der Waals surface area contributed by atoms with Gasteiger partial charge >= 0.3 is 0 Å². The van der Waals surface area contributed by atoms with E-state index in [1.807, 2.05) is 19.1 Å². The van der Waals surface area contributed by atoms with Crippen molar-refractivity contribution in [1.29, 1.82) is 0 Å². The molecular weight excluding hydrogens is 370 g/mol. The van der Waals surface area contributed by atoms with E-state index in [0.29, 0.717) is 11.8 Å². The van der Waals surface area contributed by atoms with Crippen LogP contribution in [0, 0.1) is 12.8 Å². The SMILES string of the molecule is COc1ccc(CN2CCC(CNC(=O)c3sc(C(C)C)nc3C)CC2)cc1. The minimum atomic E-state index is 0.0302. The molecule has 0 radical (unpaired) electrons. The number of thiazole rings is 1. The average Bonchev–Trinajstić information content (AvgIpc) is 3.10. The average molecular weight is 402 g/mol. The van der Waals surface area contributed by atoms with Crippen LogP contribution < -0.4 is 10.1 Å². The van der Waals surface area contributed by atoms with Gasteiger partial charge in [-0.2, -0.15) is 0 Å². The van der Waals surface area contributed by atoms with Crippen molar-refractivity contribution in [2.75, 3.05) is 26.7 Å². The summed E-state index contributed by atoms with van der Waals surface area (Å²) in [6, 6.07) is 8.30. The van der Waals surface area contributed by atoms with E-state index < -0.39 is 0 Å². The number of aryl methyl sites for hydroxylation is 1. The van der Waals surface area contributed by atoms with Crippen molar-refractivity contribution < 1.29 is 9.53 Å². The smallest absolute Gasteiger partial charge is 0.263 e. The molecule has 1 aliphatic heterocycles. The summed E-state index contributed by atoms with van der Waals surface area (Å²) in [5.74, 6) is 1.84. The zero-order chi connectivity index (χ0) is 20.1. The molecule has 5 nitrogen and oxygen atoms in total. The fourth-order valence-electron chi connectivity index (χ4n) is 3.53. The second-order valence-corrected chi connectivity index (χ2v) is 8.93. The highest BCUT2D eigenvalue weighted by molar-refractivity contribution is 7.13. The van der Waals surface area contributed by atoms with Crippen molar-refractivity contribution in [2.24, 2.45) is 5.92 Å². The third-order valence-corrected chi connectivity index (χ3v) is 6.79. The van der Waals surface area contributed by atoms with Gasteiger partial charge in [-0.3, -0.25) is 9.69 Å². The Bertz CT molecular complexity index is 778. The molecule has 0 spiro atoms. The Balaban J connectivity index is 1.43. The number of likely N-dealkylation sites (tertiary alicyclic amines) is 1. The van der Waals surface area contributed by atoms with Crippen LogP contribution in [0.2, 0.25) is 0 Å². The van der Waals surface area contributed by atoms with E-state index >= 15 is 0 Å². The molecular formula is C22H31N3O2S. The van der Waals surface area contributed by atoms with Gasteiger partial charge in [-0.25, -0.2) is 4.98 Å². The first-order valence-electron chi connectivity index (χ1n) is 10.1. The molecule has 1 aliphatic rings. The van der Waals surface area contributed by atoms with Gasteiger partial charge in [-0.1, -0.05) is 26.0 Å². The zero-order valence-corrected chi connectivity index (χ0v) is 18.1. The molecule has 0 bridgehead atoms. The molecule has 1 amide bonds. The predicted octanol–water partition coefficient (Wildman–Crippen LogP) is 4.23. The number of nitrogens with zero attached hydrogens (tertiary/aromatic N) is 2. The molecule has 0 atom stereocenters. The number of methoxy groups -OCH3 is 1. The van der Waals surface area contributed by atoms with Crippen LogP contribution in [-0.2, 0) is 6.54 Å². The molecule has 3 rings (SSSR count). The number of piperidine rings is 1. The minimum absolute atomic E-state index is 0.0302. The van der Waals surface area contributed by atoms with Gasteiger partial charge in [0, 0.05) is 19.0 Å². The molecule has 0 saturated carbocycles. The van der Waals surface area contributed by atoms with Gasteiger partial charge in [-0.05, 0) is 56.5 Å². The van der Waals surface area contributed by atoms with Crippen molar-refractivity contribution in [1.82, 2.24) is 15.2 Å². The maximum atomic E-state index is 12.5. The first-order valence-corrected chi connectivity index (χ1v) is 10.9. The minimum Gasteiger partial charge on any atom is -0.497 e. The fraction of sp³-hybridized carbons (Fsp3) is 0.545. The van der Waals surface area contributed by atoms with Gasteiger partial charge in [-0.15, -0.1) is 11.3 Å². The number of ether oxygens (including phenoxy) is 1. The van der Waals surface area contributed by atoms with Crippen LogP contribution in [0.25, 0.3) is 0 Å². The van der Waals surface area contributed by atoms with E-state index in [1.165, 1.54) is 16.9 Å². The lowest BCUT2D eigenvalue weighted by Crippen LogP contribution is -2.38. The fourth-order valence-corrected chi connectivity index (χ4v) is 4.52. The maximum absolute atomic E-state index is 12.5. The molecule has 28 heavy (non-hydrogen) atoms. The molecule has 1 aromatic carbocycles. The van der Waals surface area contributed by atoms with Crippen LogP contribution in [0.15, 0.2) is 24.3 Å². The molecule has 1 saturated heterocycles. The number of benzene rings is 1. The third kappa shape index (κ3) is 5.32. The highest BCUT2D eigenvalue weighted by Crippen LogP contribution is 2.25. The molecule has 1 N–H and O–H groups in total. The number of rotatable bonds is 7. The summed E-state index contributed by atoms with van der Waals surface area (Å²) in [4.78, 5) is 20.3. The molecule has 6 heteroatoms. The van der Waals surface area contributed by atoms with E-state index in [1.54, 1.807) is 7.11 Å². The van der Waals surface area contributed by atoms with Crippen molar-refractivity contribution in [2.45, 2.75) is 46.1 Å². The largest absolute Gasteiger partial charge is 0.497 e. The number of hydrogen-bond acceptors (Lipinski definition) is 5. The molecule has 2 heterocycles. The number of carbonyl (C=O) groups excluding carboxylic acids is 1. The lowest BCUT2D eigenvalue weighted by atomic mass is 9.96. The Morgan fingerprint density at radius 3 is 2.54 bits per heavy atom. The van der Waals surface area contributed by atoms with Crippen molar-refractivity contribution >= 4 is 17.2 Å². The van der Waals surface area contributed by atoms with Gasteiger partial charge in [0.15, 0.2) is 0 Å². The monoisotopic (exact) mass is 401 g/mol. The molecule has 2 aromatic rings. The second kappa shape index (κ2) is 9.52. The summed E-state index contributed by atoms with van der Waals surface area (Å²) < 4.78 is 5.22. The van der Waals surface area contributed by atoms with Gasteiger partial charge in [0.2, 0.25) is 0 Å². The van der Waals surface area contributed by atoms with Gasteiger partial charge in [0.1, 0.15) is 10.6 Å². The van der Waals surface area contributed by atoms with Crippen molar-refractivity contribution in [3.05, 3.63) is 45.4 Å². The van der Waals surface area contributed by atoms with Crippen LogP contribution in [0.4, 0.5) is 0 Å². The standard InChI is InChI=1S/C22H31N3O2S/c1-15(2)22-24-16(3)20(28-22)21(26)23-13-17-9-11-25(12-10-17)14-18-5-7-19(27-4)8-6-18/h5-8,15,17H,9-14H2,1-4H3,(H,23,26). The highest BCUT2D eigenvalue weighted by atomic mass is 32.1. The third-order valence-electron chi connectivity index (χ3n) is 5.34. The summed E-state index contributed by atoms with van der Waals surface area (Å²) in [7, 11) is 1.69. The van der Waals surface area contributed by atoms with E-state index in [2.05, 4.69) is 41.2 Å². The molecule has 0 aliphatic carbocycles. The summed E-state index contributed by atoms with van der Waals surface area (Å²) in [6.45, 7) is 10.0. The Morgan fingerprint density at radius 1 is 1.29 bits per heavy atom. The lowest BCUT2D eigenvalue weighted by Gasteiger charge is -2.32. The van der Waals surface area contributed by atoms with Crippen LogP contribution >= 0.6 is 11.3 Å². The number of aromatic nitrogens is 1.